The van der Waals surface area contributed by atoms with Crippen molar-refractivity contribution in [1.29, 1.82) is 0 Å². The maximum atomic E-state index is 13.4. The molecule has 8 nitrogen and oxygen atoms in total. The fourth-order valence-electron chi connectivity index (χ4n) is 3.91. The lowest BCUT2D eigenvalue weighted by atomic mass is 9.95. The number of hydrogen-bond acceptors (Lipinski definition) is 6. The van der Waals surface area contributed by atoms with Crippen LogP contribution in [0.2, 0.25) is 0 Å². The van der Waals surface area contributed by atoms with E-state index in [1.54, 1.807) is 24.5 Å². The Labute approximate surface area is 155 Å². The number of aromatic nitrogens is 1. The molecule has 2 amide bonds. The molecule has 0 aliphatic carbocycles. The molecular weight excluding hydrogens is 370 g/mol. The Bertz CT molecular complexity index is 1040. The van der Waals surface area contributed by atoms with Gasteiger partial charge in [-0.05, 0) is 55.2 Å². The Morgan fingerprint density at radius 1 is 1.26 bits per heavy atom. The molecule has 27 heavy (non-hydrogen) atoms. The molecule has 1 unspecified atom stereocenters. The molecule has 2 aromatic rings. The van der Waals surface area contributed by atoms with Gasteiger partial charge < -0.3 is 4.90 Å². The molecule has 4 rings (SSSR count). The molecule has 1 fully saturated rings. The topological polar surface area (TPSA) is 117 Å². The second kappa shape index (κ2) is 6.14. The molecule has 1 spiro atoms. The fourth-order valence-corrected chi connectivity index (χ4v) is 6.16. The molecular formula is C18H17N3O5S. The van der Waals surface area contributed by atoms with Gasteiger partial charge in [-0.25, -0.2) is 13.9 Å². The highest BCUT2D eigenvalue weighted by atomic mass is 32.2. The highest BCUT2D eigenvalue weighted by Crippen LogP contribution is 2.45. The van der Waals surface area contributed by atoms with Crippen LogP contribution in [0.1, 0.15) is 28.8 Å². The number of nitrogens with one attached hydrogen (secondary N) is 1. The summed E-state index contributed by atoms with van der Waals surface area (Å²) in [5.41, 5.74) is 2.76. The quantitative estimate of drug-likeness (QED) is 0.589. The smallest absolute Gasteiger partial charge is 0.274 e. The number of nitrogens with zero attached hydrogens (tertiary/aromatic N) is 2. The molecule has 0 radical (unpaired) electrons. The zero-order valence-corrected chi connectivity index (χ0v) is 15.1. The first-order valence-electron chi connectivity index (χ1n) is 8.45. The molecule has 9 heteroatoms. The third kappa shape index (κ3) is 2.46. The predicted octanol–water partition coefficient (Wildman–Crippen LogP) is 1.10. The first-order valence-corrected chi connectivity index (χ1v) is 9.93. The number of benzene rings is 1. The van der Waals surface area contributed by atoms with Gasteiger partial charge >= 0.3 is 0 Å². The van der Waals surface area contributed by atoms with Gasteiger partial charge in [-0.2, -0.15) is 0 Å². The number of sulfone groups is 1. The highest BCUT2D eigenvalue weighted by Gasteiger charge is 2.58. The van der Waals surface area contributed by atoms with Gasteiger partial charge in [0.25, 0.3) is 5.91 Å². The number of hydroxylamine groups is 1. The van der Waals surface area contributed by atoms with Crippen molar-refractivity contribution in [2.45, 2.75) is 28.9 Å². The van der Waals surface area contributed by atoms with Crippen molar-refractivity contribution < 1.29 is 23.2 Å². The molecule has 1 aromatic carbocycles. The summed E-state index contributed by atoms with van der Waals surface area (Å²) in [4.78, 5) is 30.3. The molecule has 1 saturated heterocycles. The van der Waals surface area contributed by atoms with Crippen molar-refractivity contribution in [2.24, 2.45) is 0 Å². The minimum Gasteiger partial charge on any atom is -0.309 e. The minimum absolute atomic E-state index is 0.0737. The largest absolute Gasteiger partial charge is 0.309 e. The minimum atomic E-state index is -3.93. The third-order valence-electron chi connectivity index (χ3n) is 5.36. The van der Waals surface area contributed by atoms with Crippen molar-refractivity contribution >= 4 is 27.3 Å². The molecule has 1 aromatic heterocycles. The summed E-state index contributed by atoms with van der Waals surface area (Å²) in [6.45, 7) is 0.310. The van der Waals surface area contributed by atoms with Gasteiger partial charge in [0.1, 0.15) is 0 Å². The zero-order chi connectivity index (χ0) is 19.2. The van der Waals surface area contributed by atoms with Crippen LogP contribution in [0.25, 0.3) is 0 Å². The average Bonchev–Trinajstić information content (AvgIpc) is 3.03. The van der Waals surface area contributed by atoms with Crippen LogP contribution in [-0.4, -0.2) is 41.7 Å². The average molecular weight is 387 g/mol. The molecule has 2 aliphatic heterocycles. The van der Waals surface area contributed by atoms with E-state index in [4.69, 9.17) is 5.21 Å². The van der Waals surface area contributed by atoms with E-state index in [1.165, 1.54) is 28.6 Å². The summed E-state index contributed by atoms with van der Waals surface area (Å²) >= 11 is 0. The second-order valence-corrected chi connectivity index (χ2v) is 8.91. The van der Waals surface area contributed by atoms with Crippen LogP contribution in [0, 0.1) is 0 Å². The maximum absolute atomic E-state index is 13.4. The number of carbonyl (C=O) groups is 2. The van der Waals surface area contributed by atoms with E-state index in [-0.39, 0.29) is 23.3 Å². The number of amides is 2. The maximum Gasteiger partial charge on any atom is 0.274 e. The number of hydrogen-bond donors (Lipinski definition) is 2. The van der Waals surface area contributed by atoms with E-state index in [9.17, 15) is 18.0 Å². The standard InChI is InChI=1S/C18H17N3O5S/c22-16(20-24)13-3-4-15-12(10-13)5-6-18(27(15,25)26)7-9-21(17(18)23)14-2-1-8-19-11-14/h1-4,8,10-11,24H,5-7,9H2,(H,20,22). The van der Waals surface area contributed by atoms with E-state index >= 15 is 0 Å². The highest BCUT2D eigenvalue weighted by molar-refractivity contribution is 7.93. The SMILES string of the molecule is O=C(NO)c1ccc2c(c1)CCC1(CCN(c3cccnc3)C1=O)S2(=O)=O. The number of carbonyl (C=O) groups excluding carboxylic acids is 2. The molecule has 3 heterocycles. The number of rotatable bonds is 2. The third-order valence-corrected chi connectivity index (χ3v) is 7.95. The van der Waals surface area contributed by atoms with Gasteiger partial charge in [0.2, 0.25) is 5.91 Å². The van der Waals surface area contributed by atoms with Gasteiger partial charge in [0.15, 0.2) is 14.6 Å². The fraction of sp³-hybridized carbons (Fsp3) is 0.278. The van der Waals surface area contributed by atoms with Gasteiger partial charge in [-0.1, -0.05) is 0 Å². The summed E-state index contributed by atoms with van der Waals surface area (Å²) in [6.07, 6.45) is 3.85. The van der Waals surface area contributed by atoms with Crippen LogP contribution in [-0.2, 0) is 21.1 Å². The van der Waals surface area contributed by atoms with Crippen LogP contribution >= 0.6 is 0 Å². The molecule has 0 saturated carbocycles. The first-order chi connectivity index (χ1) is 12.9. The van der Waals surface area contributed by atoms with Crippen molar-refractivity contribution in [3.63, 3.8) is 0 Å². The van der Waals surface area contributed by atoms with Crippen LogP contribution in [0.4, 0.5) is 5.69 Å². The van der Waals surface area contributed by atoms with E-state index < -0.39 is 26.4 Å². The normalized spacial score (nSPS) is 23.3. The number of fused-ring (bicyclic) bond motifs is 1. The van der Waals surface area contributed by atoms with Crippen LogP contribution < -0.4 is 10.4 Å². The zero-order valence-electron chi connectivity index (χ0n) is 14.3. The van der Waals surface area contributed by atoms with Gasteiger partial charge in [-0.15, -0.1) is 0 Å². The summed E-state index contributed by atoms with van der Waals surface area (Å²) in [7, 11) is -3.93. The molecule has 0 bridgehead atoms. The molecule has 2 N–H and O–H groups in total. The summed E-state index contributed by atoms with van der Waals surface area (Å²) < 4.78 is 25.2. The van der Waals surface area contributed by atoms with E-state index in [0.29, 0.717) is 24.2 Å². The van der Waals surface area contributed by atoms with E-state index in [0.717, 1.165) is 0 Å². The lowest BCUT2D eigenvalue weighted by Gasteiger charge is -2.33. The molecule has 140 valence electrons. The number of anilines is 1. The van der Waals surface area contributed by atoms with Gasteiger partial charge in [-0.3, -0.25) is 19.8 Å². The van der Waals surface area contributed by atoms with Gasteiger partial charge in [0, 0.05) is 18.3 Å². The predicted molar refractivity (Wildman–Crippen MR) is 95.1 cm³/mol. The molecule has 1 atom stereocenters. The van der Waals surface area contributed by atoms with E-state index in [1.807, 2.05) is 0 Å². The van der Waals surface area contributed by atoms with Crippen molar-refractivity contribution in [3.8, 4) is 0 Å². The van der Waals surface area contributed by atoms with Crippen LogP contribution in [0.15, 0.2) is 47.6 Å². The lowest BCUT2D eigenvalue weighted by Crippen LogP contribution is -2.49. The van der Waals surface area contributed by atoms with Crippen LogP contribution in [0.5, 0.6) is 0 Å². The van der Waals surface area contributed by atoms with E-state index in [2.05, 4.69) is 4.98 Å². The van der Waals surface area contributed by atoms with Crippen molar-refractivity contribution in [3.05, 3.63) is 53.9 Å². The molecule has 2 aliphatic rings. The Hall–Kier alpha value is -2.78. The number of pyridine rings is 1. The Balaban J connectivity index is 1.75. The van der Waals surface area contributed by atoms with Crippen LogP contribution in [0.3, 0.4) is 0 Å². The second-order valence-electron chi connectivity index (χ2n) is 6.68. The lowest BCUT2D eigenvalue weighted by molar-refractivity contribution is -0.119. The van der Waals surface area contributed by atoms with Gasteiger partial charge in [0.05, 0.1) is 16.8 Å². The Morgan fingerprint density at radius 3 is 2.78 bits per heavy atom. The number of aryl methyl sites for hydroxylation is 1. The summed E-state index contributed by atoms with van der Waals surface area (Å²) in [6, 6.07) is 7.55. The van der Waals surface area contributed by atoms with Crippen molar-refractivity contribution in [2.75, 3.05) is 11.4 Å². The Morgan fingerprint density at radius 2 is 2.07 bits per heavy atom. The first kappa shape index (κ1) is 17.6. The summed E-state index contributed by atoms with van der Waals surface area (Å²) in [5, 5.41) is 8.76. The summed E-state index contributed by atoms with van der Waals surface area (Å²) in [5.74, 6) is -1.14. The van der Waals surface area contributed by atoms with Crippen molar-refractivity contribution in [1.82, 2.24) is 10.5 Å². The monoisotopic (exact) mass is 387 g/mol. The Kier molecular flexibility index (Phi) is 4.01.